The van der Waals surface area contributed by atoms with Crippen molar-refractivity contribution in [3.8, 4) is 11.1 Å². The van der Waals surface area contributed by atoms with E-state index in [9.17, 15) is 23.1 Å². The van der Waals surface area contributed by atoms with Crippen LogP contribution in [0.15, 0.2) is 70.1 Å². The largest absolute Gasteiger partial charge is 0.480 e. The van der Waals surface area contributed by atoms with E-state index in [0.29, 0.717) is 12.0 Å². The summed E-state index contributed by atoms with van der Waals surface area (Å²) in [6, 6.07) is 10.1. The van der Waals surface area contributed by atoms with Gasteiger partial charge in [0.05, 0.1) is 10.6 Å². The lowest BCUT2D eigenvalue weighted by Gasteiger charge is -2.15. The van der Waals surface area contributed by atoms with E-state index in [0.717, 1.165) is 16.9 Å². The van der Waals surface area contributed by atoms with E-state index in [1.165, 1.54) is 23.6 Å². The first-order valence-electron chi connectivity index (χ1n) is 10.4. The molecule has 3 rings (SSSR count). The van der Waals surface area contributed by atoms with Gasteiger partial charge in [0.15, 0.2) is 5.96 Å². The van der Waals surface area contributed by atoms with E-state index >= 15 is 0 Å². The summed E-state index contributed by atoms with van der Waals surface area (Å²) in [4.78, 5) is 32.1. The number of carboxylic acids is 1. The Morgan fingerprint density at radius 3 is 2.54 bits per heavy atom. The number of amides is 1. The first kappa shape index (κ1) is 25.6. The summed E-state index contributed by atoms with van der Waals surface area (Å²) in [7, 11) is -4.03. The molecule has 0 fully saturated rings. The van der Waals surface area contributed by atoms with Crippen molar-refractivity contribution in [2.75, 3.05) is 11.3 Å². The Morgan fingerprint density at radius 2 is 1.86 bits per heavy atom. The van der Waals surface area contributed by atoms with Crippen molar-refractivity contribution in [1.82, 2.24) is 10.3 Å². The van der Waals surface area contributed by atoms with Crippen molar-refractivity contribution in [3.63, 3.8) is 0 Å². The van der Waals surface area contributed by atoms with Crippen molar-refractivity contribution in [3.05, 3.63) is 65.1 Å². The molecule has 0 bridgehead atoms. The minimum Gasteiger partial charge on any atom is -0.480 e. The van der Waals surface area contributed by atoms with Gasteiger partial charge in [0.25, 0.3) is 15.9 Å². The quantitative estimate of drug-likeness (QED) is 0.145. The van der Waals surface area contributed by atoms with E-state index in [1.54, 1.807) is 36.7 Å². The number of sulfonamides is 1. The summed E-state index contributed by atoms with van der Waals surface area (Å²) in [5.74, 6) is -2.05. The van der Waals surface area contributed by atoms with Crippen LogP contribution in [0.2, 0.25) is 0 Å². The average Bonchev–Trinajstić information content (AvgIpc) is 3.29. The highest BCUT2D eigenvalue weighted by Gasteiger charge is 2.25. The molecule has 0 aliphatic rings. The van der Waals surface area contributed by atoms with E-state index in [-0.39, 0.29) is 34.4 Å². The molecule has 2 aromatic heterocycles. The number of anilines is 1. The van der Waals surface area contributed by atoms with Crippen LogP contribution < -0.4 is 21.5 Å². The number of carboxylic acid groups (broad SMARTS) is 1. The molecule has 0 aliphatic carbocycles. The van der Waals surface area contributed by atoms with Gasteiger partial charge in [0.1, 0.15) is 10.9 Å². The highest BCUT2D eigenvalue weighted by atomic mass is 32.2. The number of thiophene rings is 1. The second-order valence-corrected chi connectivity index (χ2v) is 9.94. The predicted octanol–water partition coefficient (Wildman–Crippen LogP) is 1.85. The number of nitrogens with one attached hydrogen (secondary N) is 2. The van der Waals surface area contributed by atoms with Gasteiger partial charge in [-0.15, -0.1) is 11.3 Å². The van der Waals surface area contributed by atoms with Crippen molar-refractivity contribution in [2.24, 2.45) is 16.5 Å². The monoisotopic (exact) mass is 516 g/mol. The highest BCUT2D eigenvalue weighted by molar-refractivity contribution is 7.92. The lowest BCUT2D eigenvalue weighted by atomic mass is 10.1. The van der Waals surface area contributed by atoms with Crippen LogP contribution in [-0.4, -0.2) is 48.9 Å². The average molecular weight is 517 g/mol. The molecule has 7 N–H and O–H groups in total. The van der Waals surface area contributed by atoms with Gasteiger partial charge in [-0.25, -0.2) is 13.2 Å². The number of nitrogens with two attached hydrogens (primary N) is 2. The van der Waals surface area contributed by atoms with Crippen LogP contribution >= 0.6 is 11.3 Å². The number of hydrogen-bond donors (Lipinski definition) is 5. The van der Waals surface area contributed by atoms with E-state index in [4.69, 9.17) is 11.5 Å². The van der Waals surface area contributed by atoms with E-state index < -0.39 is 27.9 Å². The Bertz CT molecular complexity index is 1320. The summed E-state index contributed by atoms with van der Waals surface area (Å²) in [6.07, 6.45) is 3.63. The third kappa shape index (κ3) is 7.01. The molecular weight excluding hydrogens is 492 g/mol. The minimum absolute atomic E-state index is 0.00696. The summed E-state index contributed by atoms with van der Waals surface area (Å²) in [5.41, 5.74) is 12.0. The van der Waals surface area contributed by atoms with Crippen LogP contribution in [0.25, 0.3) is 11.1 Å². The zero-order chi connectivity index (χ0) is 25.4. The molecular formula is C22H24N6O5S2. The van der Waals surface area contributed by atoms with Gasteiger partial charge in [-0.2, -0.15) is 0 Å². The van der Waals surface area contributed by atoms with E-state index in [2.05, 4.69) is 20.0 Å². The standard InChI is InChI=1S/C22H24N6O5S2/c23-22(24)26-9-2-5-18(21(30)31)27-20(29)19-17(8-12-34-19)28-35(32,33)16-4-1-3-15(13-16)14-6-10-25-11-7-14/h1,3-4,6-8,10-13,18,28H,2,5,9H2,(H,27,29)(H,30,31)(H4,23,24,26)/t18-/m0/s1. The van der Waals surface area contributed by atoms with Crippen LogP contribution in [0.1, 0.15) is 22.5 Å². The SMILES string of the molecule is NC(N)=NCCC[C@H](NC(=O)c1sccc1NS(=O)(=O)c1cccc(-c2ccncc2)c1)C(=O)O. The zero-order valence-corrected chi connectivity index (χ0v) is 20.1. The predicted molar refractivity (Wildman–Crippen MR) is 134 cm³/mol. The third-order valence-corrected chi connectivity index (χ3v) is 7.10. The topological polar surface area (TPSA) is 190 Å². The fourth-order valence-electron chi connectivity index (χ4n) is 3.14. The van der Waals surface area contributed by atoms with Gasteiger partial charge in [-0.1, -0.05) is 12.1 Å². The van der Waals surface area contributed by atoms with Crippen molar-refractivity contribution in [1.29, 1.82) is 0 Å². The number of hydrogen-bond acceptors (Lipinski definition) is 7. The summed E-state index contributed by atoms with van der Waals surface area (Å²) < 4.78 is 28.5. The van der Waals surface area contributed by atoms with Crippen molar-refractivity contribution >= 4 is 44.9 Å². The second kappa shape index (κ2) is 11.4. The number of aliphatic imine (C=N–C) groups is 1. The van der Waals surface area contributed by atoms with Gasteiger partial charge in [-0.05, 0) is 59.7 Å². The van der Waals surface area contributed by atoms with Gasteiger partial charge >= 0.3 is 5.97 Å². The first-order chi connectivity index (χ1) is 16.7. The third-order valence-electron chi connectivity index (χ3n) is 4.82. The maximum atomic E-state index is 13.0. The Labute approximate surface area is 206 Å². The van der Waals surface area contributed by atoms with Crippen LogP contribution in [-0.2, 0) is 14.8 Å². The number of aromatic nitrogens is 1. The molecule has 184 valence electrons. The molecule has 2 heterocycles. The first-order valence-corrected chi connectivity index (χ1v) is 12.7. The maximum Gasteiger partial charge on any atom is 0.326 e. The minimum atomic E-state index is -4.03. The molecule has 0 radical (unpaired) electrons. The van der Waals surface area contributed by atoms with Crippen LogP contribution in [0.3, 0.4) is 0 Å². The number of nitrogens with zero attached hydrogens (tertiary/aromatic N) is 2. The van der Waals surface area contributed by atoms with Crippen LogP contribution in [0.4, 0.5) is 5.69 Å². The molecule has 0 unspecified atom stereocenters. The Kier molecular flexibility index (Phi) is 8.39. The van der Waals surface area contributed by atoms with Gasteiger partial charge in [0.2, 0.25) is 0 Å². The molecule has 3 aromatic rings. The van der Waals surface area contributed by atoms with Gasteiger partial charge in [0, 0.05) is 18.9 Å². The fourth-order valence-corrected chi connectivity index (χ4v) is 5.08. The number of carbonyl (C=O) groups excluding carboxylic acids is 1. The second-order valence-electron chi connectivity index (χ2n) is 7.35. The molecule has 13 heteroatoms. The molecule has 35 heavy (non-hydrogen) atoms. The van der Waals surface area contributed by atoms with E-state index in [1.807, 2.05) is 0 Å². The molecule has 0 saturated carbocycles. The highest BCUT2D eigenvalue weighted by Crippen LogP contribution is 2.27. The Hall–Kier alpha value is -3.97. The molecule has 0 aliphatic heterocycles. The van der Waals surface area contributed by atoms with Crippen molar-refractivity contribution in [2.45, 2.75) is 23.8 Å². The van der Waals surface area contributed by atoms with Crippen LogP contribution in [0, 0.1) is 0 Å². The smallest absolute Gasteiger partial charge is 0.326 e. The number of pyridine rings is 1. The number of carbonyl (C=O) groups is 2. The van der Waals surface area contributed by atoms with Gasteiger partial charge in [-0.3, -0.25) is 19.5 Å². The number of rotatable bonds is 11. The molecule has 1 atom stereocenters. The molecule has 0 spiro atoms. The fraction of sp³-hybridized carbons (Fsp3) is 0.182. The lowest BCUT2D eigenvalue weighted by Crippen LogP contribution is -2.40. The summed E-state index contributed by atoms with van der Waals surface area (Å²) >= 11 is 0.986. The van der Waals surface area contributed by atoms with Gasteiger partial charge < -0.3 is 21.9 Å². The number of guanidine groups is 1. The molecule has 0 saturated heterocycles. The number of aliphatic carboxylic acids is 1. The molecule has 1 aromatic carbocycles. The Morgan fingerprint density at radius 1 is 1.11 bits per heavy atom. The maximum absolute atomic E-state index is 13.0. The van der Waals surface area contributed by atoms with Crippen LogP contribution in [0.5, 0.6) is 0 Å². The summed E-state index contributed by atoms with van der Waals surface area (Å²) in [6.45, 7) is 0.213. The lowest BCUT2D eigenvalue weighted by molar-refractivity contribution is -0.139. The molecule has 11 nitrogen and oxygen atoms in total. The Balaban J connectivity index is 1.74. The normalized spacial score (nSPS) is 11.9. The summed E-state index contributed by atoms with van der Waals surface area (Å²) in [5, 5.41) is 13.4. The number of benzene rings is 1. The van der Waals surface area contributed by atoms with Crippen molar-refractivity contribution < 1.29 is 23.1 Å². The molecule has 1 amide bonds. The zero-order valence-electron chi connectivity index (χ0n) is 18.4.